The highest BCUT2D eigenvalue weighted by Crippen LogP contribution is 2.50. The molecule has 9 heteroatoms. The summed E-state index contributed by atoms with van der Waals surface area (Å²) in [7, 11) is 0. The van der Waals surface area contributed by atoms with E-state index in [1.807, 2.05) is 13.8 Å². The highest BCUT2D eigenvalue weighted by molar-refractivity contribution is 7.17. The maximum atomic E-state index is 13.0. The van der Waals surface area contributed by atoms with E-state index in [4.69, 9.17) is 4.74 Å². The Labute approximate surface area is 171 Å². The fraction of sp³-hybridized carbons (Fsp3) is 0.500. The molecule has 3 heterocycles. The minimum absolute atomic E-state index is 0.00179. The summed E-state index contributed by atoms with van der Waals surface area (Å²) >= 11 is 1.44. The minimum atomic E-state index is -0.619. The first kappa shape index (κ1) is 19.8. The summed E-state index contributed by atoms with van der Waals surface area (Å²) in [6.45, 7) is 5.77. The monoisotopic (exact) mass is 418 g/mol. The summed E-state index contributed by atoms with van der Waals surface area (Å²) in [5, 5.41) is 4.26. The molecule has 0 aromatic carbocycles. The normalized spacial score (nSPS) is 18.3. The Morgan fingerprint density at radius 2 is 2.14 bits per heavy atom. The van der Waals surface area contributed by atoms with Crippen molar-refractivity contribution in [2.45, 2.75) is 52.8 Å². The lowest BCUT2D eigenvalue weighted by Crippen LogP contribution is -2.19. The van der Waals surface area contributed by atoms with Gasteiger partial charge in [-0.2, -0.15) is 5.10 Å². The van der Waals surface area contributed by atoms with Crippen molar-refractivity contribution in [2.75, 3.05) is 6.61 Å². The van der Waals surface area contributed by atoms with E-state index in [0.717, 1.165) is 16.3 Å². The quantitative estimate of drug-likeness (QED) is 0.551. The molecular weight excluding hydrogens is 395 g/mol. The Morgan fingerprint density at radius 1 is 1.34 bits per heavy atom. The summed E-state index contributed by atoms with van der Waals surface area (Å²) in [5.74, 6) is -0.394. The molecule has 0 amide bonds. The molecule has 154 valence electrons. The lowest BCUT2D eigenvalue weighted by atomic mass is 10.2. The maximum Gasteiger partial charge on any atom is 0.309 e. The van der Waals surface area contributed by atoms with Crippen LogP contribution < -0.4 is 5.56 Å². The maximum absolute atomic E-state index is 13.0. The van der Waals surface area contributed by atoms with Crippen LogP contribution in [0, 0.1) is 12.8 Å². The fourth-order valence-electron chi connectivity index (χ4n) is 3.81. The molecule has 29 heavy (non-hydrogen) atoms. The minimum Gasteiger partial charge on any atom is -0.466 e. The molecular formula is C20H23FN4O3S. The third-order valence-electron chi connectivity index (χ3n) is 5.24. The van der Waals surface area contributed by atoms with Crippen molar-refractivity contribution >= 4 is 22.3 Å². The van der Waals surface area contributed by atoms with Crippen LogP contribution in [-0.4, -0.2) is 31.7 Å². The average molecular weight is 418 g/mol. The fourth-order valence-corrected chi connectivity index (χ4v) is 4.88. The molecule has 1 aliphatic rings. The molecule has 1 fully saturated rings. The number of fused-ring (bicyclic) bond motifs is 1. The summed E-state index contributed by atoms with van der Waals surface area (Å²) in [6.07, 6.45) is 1.41. The van der Waals surface area contributed by atoms with Crippen molar-refractivity contribution in [3.8, 4) is 0 Å². The number of esters is 1. The molecule has 0 radical (unpaired) electrons. The van der Waals surface area contributed by atoms with Gasteiger partial charge in [0.25, 0.3) is 5.56 Å². The Balaban J connectivity index is 1.67. The van der Waals surface area contributed by atoms with Gasteiger partial charge in [0.2, 0.25) is 0 Å². The first-order valence-electron chi connectivity index (χ1n) is 9.76. The molecule has 2 atom stereocenters. The molecule has 0 saturated heterocycles. The number of halogens is 1. The van der Waals surface area contributed by atoms with Gasteiger partial charge in [-0.05, 0) is 32.8 Å². The van der Waals surface area contributed by atoms with Crippen molar-refractivity contribution in [1.82, 2.24) is 19.2 Å². The van der Waals surface area contributed by atoms with Gasteiger partial charge in [0, 0.05) is 28.2 Å². The number of aryl methyl sites for hydroxylation is 2. The number of thiazole rings is 1. The van der Waals surface area contributed by atoms with Crippen LogP contribution in [0.1, 0.15) is 53.8 Å². The van der Waals surface area contributed by atoms with Crippen LogP contribution in [0.15, 0.2) is 16.9 Å². The van der Waals surface area contributed by atoms with Crippen LogP contribution in [0.4, 0.5) is 4.39 Å². The molecule has 3 aromatic rings. The van der Waals surface area contributed by atoms with Crippen LogP contribution in [0.25, 0.3) is 4.96 Å². The highest BCUT2D eigenvalue weighted by atomic mass is 32.1. The van der Waals surface area contributed by atoms with Crippen LogP contribution in [-0.2, 0) is 29.2 Å². The van der Waals surface area contributed by atoms with Gasteiger partial charge in [-0.15, -0.1) is 11.3 Å². The van der Waals surface area contributed by atoms with Gasteiger partial charge in [0.05, 0.1) is 30.5 Å². The standard InChI is InChI=1S/C20H23FN4O3S/c1-4-14-6-12(9-21)23-24(14)10-13-7-17(26)25-18(11(3)29-20(25)22-13)15-8-16(15)19(27)28-5-2/h6-7,15-16H,4-5,8-10H2,1-3H3. The third-order valence-corrected chi connectivity index (χ3v) is 6.21. The van der Waals surface area contributed by atoms with E-state index in [1.165, 1.54) is 17.4 Å². The molecule has 7 nitrogen and oxygen atoms in total. The number of alkyl halides is 1. The number of aromatic nitrogens is 4. The lowest BCUT2D eigenvalue weighted by molar-refractivity contribution is -0.144. The highest BCUT2D eigenvalue weighted by Gasteiger charge is 2.47. The zero-order valence-electron chi connectivity index (χ0n) is 16.6. The molecule has 2 unspecified atom stereocenters. The Hall–Kier alpha value is -2.55. The zero-order chi connectivity index (χ0) is 20.7. The van der Waals surface area contributed by atoms with Gasteiger partial charge in [-0.3, -0.25) is 18.7 Å². The van der Waals surface area contributed by atoms with E-state index in [1.54, 1.807) is 22.1 Å². The molecule has 0 aliphatic heterocycles. The average Bonchev–Trinajstić information content (AvgIpc) is 3.26. The number of rotatable bonds is 7. The number of nitrogens with zero attached hydrogens (tertiary/aromatic N) is 4. The predicted molar refractivity (Wildman–Crippen MR) is 107 cm³/mol. The second-order valence-electron chi connectivity index (χ2n) is 7.22. The smallest absolute Gasteiger partial charge is 0.309 e. The van der Waals surface area contributed by atoms with Crippen molar-refractivity contribution in [3.63, 3.8) is 0 Å². The first-order chi connectivity index (χ1) is 14.0. The van der Waals surface area contributed by atoms with Crippen LogP contribution in [0.5, 0.6) is 0 Å². The van der Waals surface area contributed by atoms with Gasteiger partial charge in [-0.25, -0.2) is 9.37 Å². The van der Waals surface area contributed by atoms with Crippen molar-refractivity contribution in [2.24, 2.45) is 5.92 Å². The van der Waals surface area contributed by atoms with E-state index in [9.17, 15) is 14.0 Å². The topological polar surface area (TPSA) is 78.5 Å². The molecule has 0 N–H and O–H groups in total. The molecule has 1 saturated carbocycles. The lowest BCUT2D eigenvalue weighted by Gasteiger charge is -2.07. The van der Waals surface area contributed by atoms with Gasteiger partial charge in [0.15, 0.2) is 4.96 Å². The molecule has 0 spiro atoms. The molecule has 1 aliphatic carbocycles. The number of ether oxygens (including phenoxy) is 1. The molecule has 0 bridgehead atoms. The second-order valence-corrected chi connectivity index (χ2v) is 8.40. The predicted octanol–water partition coefficient (Wildman–Crippen LogP) is 3.01. The first-order valence-corrected chi connectivity index (χ1v) is 10.6. The SMILES string of the molecule is CCOC(=O)C1CC1c1c(C)sc2nc(Cn3nc(CF)cc3CC)cc(=O)n12. The second kappa shape index (κ2) is 7.70. The van der Waals surface area contributed by atoms with Gasteiger partial charge in [-0.1, -0.05) is 6.92 Å². The summed E-state index contributed by atoms with van der Waals surface area (Å²) < 4.78 is 21.4. The molecule has 3 aromatic heterocycles. The van der Waals surface area contributed by atoms with Crippen molar-refractivity contribution in [3.05, 3.63) is 50.1 Å². The van der Waals surface area contributed by atoms with Gasteiger partial charge >= 0.3 is 5.97 Å². The van der Waals surface area contributed by atoms with Crippen molar-refractivity contribution < 1.29 is 13.9 Å². The van der Waals surface area contributed by atoms with E-state index in [-0.39, 0.29) is 23.4 Å². The third kappa shape index (κ3) is 3.59. The summed E-state index contributed by atoms with van der Waals surface area (Å²) in [4.78, 5) is 31.2. The van der Waals surface area contributed by atoms with E-state index in [0.29, 0.717) is 42.3 Å². The number of carbonyl (C=O) groups excluding carboxylic acids is 1. The van der Waals surface area contributed by atoms with E-state index in [2.05, 4.69) is 10.1 Å². The molecule has 4 rings (SSSR count). The van der Waals surface area contributed by atoms with E-state index < -0.39 is 6.67 Å². The van der Waals surface area contributed by atoms with Gasteiger partial charge in [0.1, 0.15) is 6.67 Å². The number of hydrogen-bond donors (Lipinski definition) is 0. The Kier molecular flexibility index (Phi) is 5.24. The number of carbonyl (C=O) groups is 1. The zero-order valence-corrected chi connectivity index (χ0v) is 17.5. The van der Waals surface area contributed by atoms with Crippen LogP contribution >= 0.6 is 11.3 Å². The van der Waals surface area contributed by atoms with E-state index >= 15 is 0 Å². The van der Waals surface area contributed by atoms with Crippen molar-refractivity contribution in [1.29, 1.82) is 0 Å². The number of hydrogen-bond acceptors (Lipinski definition) is 6. The van der Waals surface area contributed by atoms with Gasteiger partial charge < -0.3 is 4.74 Å². The summed E-state index contributed by atoms with van der Waals surface area (Å²) in [6, 6.07) is 3.24. The van der Waals surface area contributed by atoms with Crippen LogP contribution in [0.2, 0.25) is 0 Å². The van der Waals surface area contributed by atoms with Crippen LogP contribution in [0.3, 0.4) is 0 Å². The summed E-state index contributed by atoms with van der Waals surface area (Å²) in [5.41, 5.74) is 2.56. The largest absolute Gasteiger partial charge is 0.466 e. The Morgan fingerprint density at radius 3 is 2.83 bits per heavy atom. The Bertz CT molecular complexity index is 1130.